The van der Waals surface area contributed by atoms with E-state index in [1.165, 1.54) is 23.1 Å². The molecule has 0 aliphatic heterocycles. The maximum absolute atomic E-state index is 10.1. The van der Waals surface area contributed by atoms with Gasteiger partial charge in [0.05, 0.1) is 46.0 Å². The van der Waals surface area contributed by atoms with E-state index in [9.17, 15) is 14.7 Å². The number of phenols is 1. The normalized spacial score (nSPS) is 9.94. The zero-order valence-electron chi connectivity index (χ0n) is 27.1. The third kappa shape index (κ3) is 11.2. The molecule has 262 valence electrons. The van der Waals surface area contributed by atoms with Gasteiger partial charge in [-0.3, -0.25) is 29.5 Å². The van der Waals surface area contributed by atoms with Crippen molar-refractivity contribution in [3.05, 3.63) is 127 Å². The Morgan fingerprint density at radius 1 is 0.774 bits per heavy atom. The Morgan fingerprint density at radius 3 is 1.83 bits per heavy atom. The first-order valence-corrected chi connectivity index (χ1v) is 15.6. The van der Waals surface area contributed by atoms with Crippen LogP contribution in [0.15, 0.2) is 110 Å². The monoisotopic (exact) mass is 826 g/mol. The number of nitriles is 1. The van der Waals surface area contributed by atoms with E-state index in [1.807, 2.05) is 42.5 Å². The van der Waals surface area contributed by atoms with Gasteiger partial charge in [0.25, 0.3) is 12.9 Å². The zero-order chi connectivity index (χ0) is 37.1. The van der Waals surface area contributed by atoms with Gasteiger partial charge in [0.15, 0.2) is 0 Å². The number of aromatic nitrogens is 6. The molecule has 7 rings (SSSR count). The van der Waals surface area contributed by atoms with Crippen molar-refractivity contribution in [2.45, 2.75) is 0 Å². The van der Waals surface area contributed by atoms with Crippen molar-refractivity contribution in [2.24, 2.45) is 0 Å². The van der Waals surface area contributed by atoms with Crippen LogP contribution in [0.3, 0.4) is 0 Å². The summed E-state index contributed by atoms with van der Waals surface area (Å²) in [4.78, 5) is 45.9. The first-order chi connectivity index (χ1) is 25.5. The SMILES string of the molecule is N#C[S-].O=CO/C=C/c1ccnc(-c2cc(/C=C/OC=O)ccn2)c1.Oc1cccc(-c2nc3c4cccnc4c4ncccc4c3[nH]2)c1.[N-]=C=S.[Ru+2]. The molecule has 2 N–H and O–H groups in total. The Hall–Kier alpha value is -6.62. The van der Waals surface area contributed by atoms with E-state index in [4.69, 9.17) is 15.7 Å². The number of nitrogens with one attached hydrogen (secondary N) is 1. The molecule has 0 unspecified atom stereocenters. The molecule has 0 bridgehead atoms. The number of thiocyanates is 1. The molecule has 5 aromatic heterocycles. The third-order valence-electron chi connectivity index (χ3n) is 6.81. The Morgan fingerprint density at radius 2 is 1.30 bits per heavy atom. The van der Waals surface area contributed by atoms with Gasteiger partial charge in [-0.25, -0.2) is 10.2 Å². The number of carbonyl (C=O) groups is 2. The van der Waals surface area contributed by atoms with Crippen molar-refractivity contribution in [1.82, 2.24) is 29.9 Å². The number of carbonyl (C=O) groups excluding carboxylic acids is 2. The van der Waals surface area contributed by atoms with Crippen molar-refractivity contribution < 1.29 is 43.6 Å². The number of H-pyrrole nitrogens is 1. The Bertz CT molecular complexity index is 2330. The molecule has 0 spiro atoms. The fraction of sp³-hybridized carbons (Fsp3) is 0. The van der Waals surface area contributed by atoms with E-state index >= 15 is 0 Å². The van der Waals surface area contributed by atoms with Crippen LogP contribution in [0.5, 0.6) is 5.75 Å². The van der Waals surface area contributed by atoms with E-state index in [2.05, 4.69) is 59.2 Å². The minimum Gasteiger partial charge on any atom is -0.753 e. The molecule has 0 amide bonds. The van der Waals surface area contributed by atoms with Crippen molar-refractivity contribution in [2.75, 3.05) is 0 Å². The van der Waals surface area contributed by atoms with Gasteiger partial charge in [0.1, 0.15) is 11.6 Å². The topological polar surface area (TPSA) is 199 Å². The molecule has 0 aliphatic rings. The Kier molecular flexibility index (Phi) is 16.6. The summed E-state index contributed by atoms with van der Waals surface area (Å²) in [6.07, 6.45) is 12.7. The van der Waals surface area contributed by atoms with Crippen LogP contribution >= 0.6 is 12.2 Å². The van der Waals surface area contributed by atoms with Gasteiger partial charge in [0.2, 0.25) is 0 Å². The second kappa shape index (κ2) is 21.6. The number of rotatable bonds is 8. The number of phenolic OH excluding ortho intramolecular Hbond substituents is 1. The van der Waals surface area contributed by atoms with Crippen molar-refractivity contribution in [1.29, 1.82) is 5.26 Å². The van der Waals surface area contributed by atoms with Gasteiger partial charge in [-0.2, -0.15) is 5.16 Å². The van der Waals surface area contributed by atoms with Crippen molar-refractivity contribution in [3.8, 4) is 33.9 Å². The van der Waals surface area contributed by atoms with E-state index in [1.54, 1.807) is 67.3 Å². The molecule has 0 radical (unpaired) electrons. The number of nitrogens with zero attached hydrogens (tertiary/aromatic N) is 7. The number of hydrogen-bond acceptors (Lipinski definition) is 13. The van der Waals surface area contributed by atoms with Crippen LogP contribution in [0.2, 0.25) is 0 Å². The van der Waals surface area contributed by atoms with E-state index in [0.717, 1.165) is 49.5 Å². The first kappa shape index (κ1) is 40.8. The molecule has 13 nitrogen and oxygen atoms in total. The summed E-state index contributed by atoms with van der Waals surface area (Å²) in [6, 6.07) is 22.1. The summed E-state index contributed by atoms with van der Waals surface area (Å²) in [6.45, 7) is 0.689. The molecule has 5 heterocycles. The number of pyridine rings is 4. The quantitative estimate of drug-likeness (QED) is 0.0229. The number of aromatic amines is 1. The number of aromatic hydroxyl groups is 1. The van der Waals surface area contributed by atoms with Crippen molar-refractivity contribution in [3.63, 3.8) is 0 Å². The fourth-order valence-electron chi connectivity index (χ4n) is 4.81. The molecule has 0 saturated carbocycles. The summed E-state index contributed by atoms with van der Waals surface area (Å²) < 4.78 is 9.02. The average molecular weight is 826 g/mol. The number of hydrogen-bond donors (Lipinski definition) is 2. The number of ether oxygens (including phenoxy) is 2. The third-order valence-corrected chi connectivity index (χ3v) is 6.81. The van der Waals surface area contributed by atoms with Gasteiger partial charge in [0, 0.05) is 41.1 Å². The van der Waals surface area contributed by atoms with Gasteiger partial charge < -0.3 is 37.6 Å². The second-order valence-corrected chi connectivity index (χ2v) is 10.2. The smallest absolute Gasteiger partial charge is 0.753 e. The molecule has 7 aromatic rings. The average Bonchev–Trinajstić information content (AvgIpc) is 3.63. The van der Waals surface area contributed by atoms with Crippen LogP contribution in [0.4, 0.5) is 0 Å². The number of isothiocyanates is 1. The zero-order valence-corrected chi connectivity index (χ0v) is 30.5. The van der Waals surface area contributed by atoms with Gasteiger partial charge in [-0.05, 0) is 83.9 Å². The number of thiocarbonyl (C=S) groups is 1. The number of benzene rings is 2. The van der Waals surface area contributed by atoms with Crippen LogP contribution in [0.25, 0.3) is 73.2 Å². The molecule has 0 aliphatic carbocycles. The van der Waals surface area contributed by atoms with Crippen LogP contribution in [-0.2, 0) is 51.2 Å². The maximum Gasteiger partial charge on any atom is 2.00 e. The standard InChI is InChI=1S/C19H12N4O.C16H12N2O4.CHNS.CNS.Ru/c24-12-5-1-4-11(10-12)19-22-17-13-6-2-8-20-15(13)16-14(18(17)23-19)7-3-9-21-16;19-11-21-7-3-13-1-5-17-15(9-13)16-10-14(2-6-18-16)4-8-22-12-20;2*2-1-3;/h1-10,24H,(H,22,23);1-12H;3H;;/q;;;-1;+2/p-1/b;7-3+,8-4+;;;. The summed E-state index contributed by atoms with van der Waals surface area (Å²) in [7, 11) is 0. The van der Waals surface area contributed by atoms with Crippen LogP contribution in [-0.4, -0.2) is 53.1 Å². The largest absolute Gasteiger partial charge is 2.00 e. The van der Waals surface area contributed by atoms with Gasteiger partial charge >= 0.3 is 19.5 Å². The minimum absolute atomic E-state index is 0. The summed E-state index contributed by atoms with van der Waals surface area (Å²) in [5, 5.41) is 28.6. The van der Waals surface area contributed by atoms with Gasteiger partial charge in [-0.15, -0.1) is 0 Å². The number of fused-ring (bicyclic) bond motifs is 6. The second-order valence-electron chi connectivity index (χ2n) is 9.86. The molecule has 0 saturated heterocycles. The molecule has 2 aromatic carbocycles. The van der Waals surface area contributed by atoms with Gasteiger partial charge in [-0.1, -0.05) is 29.8 Å². The predicted octanol–water partition coefficient (Wildman–Crippen LogP) is 7.13. The molecule has 53 heavy (non-hydrogen) atoms. The van der Waals surface area contributed by atoms with E-state index in [0.29, 0.717) is 30.2 Å². The van der Waals surface area contributed by atoms with Crippen molar-refractivity contribution >= 4 is 87.9 Å². The van der Waals surface area contributed by atoms with Crippen LogP contribution in [0.1, 0.15) is 11.1 Å². The molecule has 0 atom stereocenters. The summed E-state index contributed by atoms with van der Waals surface area (Å²) in [5.41, 5.74) is 7.29. The Balaban J connectivity index is 0.000000246. The predicted molar refractivity (Wildman–Crippen MR) is 203 cm³/mol. The van der Waals surface area contributed by atoms with E-state index < -0.39 is 0 Å². The minimum atomic E-state index is 0. The molecule has 16 heteroatoms. The summed E-state index contributed by atoms with van der Waals surface area (Å²) >= 11 is 7.40. The van der Waals surface area contributed by atoms with Crippen LogP contribution in [0, 0.1) is 10.7 Å². The van der Waals surface area contributed by atoms with Crippen LogP contribution < -0.4 is 0 Å². The Labute approximate surface area is 325 Å². The van der Waals surface area contributed by atoms with E-state index in [-0.39, 0.29) is 25.2 Å². The number of imidazole rings is 1. The molecule has 0 fully saturated rings. The molecular weight excluding hydrogens is 802 g/mol. The first-order valence-electron chi connectivity index (χ1n) is 14.7. The maximum atomic E-state index is 10.1. The fourth-order valence-corrected chi connectivity index (χ4v) is 4.81. The summed E-state index contributed by atoms with van der Waals surface area (Å²) in [5.74, 6) is 0.924. The molecular formula is C37H24N8O5RuS2.